The summed E-state index contributed by atoms with van der Waals surface area (Å²) in [5.41, 5.74) is 0. The number of aliphatic hydroxyl groups is 1. The molecule has 8 nitrogen and oxygen atoms in total. The van der Waals surface area contributed by atoms with Crippen molar-refractivity contribution in [3.05, 3.63) is 0 Å². The number of ether oxygens (including phenoxy) is 3. The van der Waals surface area contributed by atoms with Crippen molar-refractivity contribution >= 4 is 6.03 Å². The number of amides is 2. The van der Waals surface area contributed by atoms with Crippen molar-refractivity contribution < 1.29 is 24.1 Å². The number of nitrogens with zero attached hydrogens (tertiary/aromatic N) is 1. The number of hydrogen-bond donors (Lipinski definition) is 3. The van der Waals surface area contributed by atoms with E-state index in [1.165, 1.54) is 0 Å². The van der Waals surface area contributed by atoms with E-state index in [9.17, 15) is 9.90 Å². The average molecular weight is 301 g/mol. The molecule has 5 atom stereocenters. The molecule has 0 radical (unpaired) electrons. The molecule has 8 heteroatoms. The first-order valence-corrected chi connectivity index (χ1v) is 7.52. The summed E-state index contributed by atoms with van der Waals surface area (Å²) in [5.74, 6) is 0. The molecule has 120 valence electrons. The highest BCUT2D eigenvalue weighted by atomic mass is 16.7. The maximum Gasteiger partial charge on any atom is 0.315 e. The van der Waals surface area contributed by atoms with Crippen LogP contribution in [-0.4, -0.2) is 86.1 Å². The van der Waals surface area contributed by atoms with Gasteiger partial charge in [0.05, 0.1) is 38.0 Å². The fraction of sp³-hybridized carbons (Fsp3) is 0.923. The molecule has 2 amide bonds. The van der Waals surface area contributed by atoms with Gasteiger partial charge in [-0.1, -0.05) is 0 Å². The zero-order valence-corrected chi connectivity index (χ0v) is 12.2. The molecule has 0 spiro atoms. The molecule has 3 rings (SSSR count). The largest absolute Gasteiger partial charge is 0.389 e. The Bertz CT molecular complexity index is 377. The van der Waals surface area contributed by atoms with Crippen molar-refractivity contribution in [3.8, 4) is 0 Å². The maximum absolute atomic E-state index is 11.8. The zero-order valence-electron chi connectivity index (χ0n) is 12.2. The van der Waals surface area contributed by atoms with Crippen molar-refractivity contribution in [2.24, 2.45) is 0 Å². The first-order valence-electron chi connectivity index (χ1n) is 7.52. The van der Waals surface area contributed by atoms with E-state index in [2.05, 4.69) is 15.5 Å². The lowest BCUT2D eigenvalue weighted by Crippen LogP contribution is -2.67. The second-order valence-electron chi connectivity index (χ2n) is 5.54. The van der Waals surface area contributed by atoms with E-state index in [1.807, 2.05) is 6.92 Å². The van der Waals surface area contributed by atoms with E-state index in [-0.39, 0.29) is 18.2 Å². The van der Waals surface area contributed by atoms with Gasteiger partial charge in [0.2, 0.25) is 0 Å². The molecule has 3 saturated heterocycles. The Kier molecular flexibility index (Phi) is 4.60. The fourth-order valence-corrected chi connectivity index (χ4v) is 3.21. The third-order valence-electron chi connectivity index (χ3n) is 4.23. The van der Waals surface area contributed by atoms with Crippen LogP contribution in [0.3, 0.4) is 0 Å². The predicted octanol–water partition coefficient (Wildman–Crippen LogP) is -1.51. The number of urea groups is 1. The van der Waals surface area contributed by atoms with Crippen LogP contribution in [0.2, 0.25) is 0 Å². The van der Waals surface area contributed by atoms with E-state index < -0.39 is 18.4 Å². The van der Waals surface area contributed by atoms with Crippen molar-refractivity contribution in [3.63, 3.8) is 0 Å². The van der Waals surface area contributed by atoms with Crippen LogP contribution in [-0.2, 0) is 14.2 Å². The van der Waals surface area contributed by atoms with E-state index in [0.717, 1.165) is 13.1 Å². The lowest BCUT2D eigenvalue weighted by atomic mass is 9.94. The van der Waals surface area contributed by atoms with Gasteiger partial charge in [0.25, 0.3) is 0 Å². The molecular formula is C13H23N3O5. The van der Waals surface area contributed by atoms with Gasteiger partial charge in [0, 0.05) is 19.6 Å². The van der Waals surface area contributed by atoms with Gasteiger partial charge >= 0.3 is 6.03 Å². The van der Waals surface area contributed by atoms with Gasteiger partial charge in [-0.05, 0) is 6.92 Å². The van der Waals surface area contributed by atoms with Crippen molar-refractivity contribution in [1.29, 1.82) is 0 Å². The Balaban J connectivity index is 1.70. The molecule has 3 aliphatic heterocycles. The summed E-state index contributed by atoms with van der Waals surface area (Å²) >= 11 is 0. The summed E-state index contributed by atoms with van der Waals surface area (Å²) < 4.78 is 16.8. The summed E-state index contributed by atoms with van der Waals surface area (Å²) in [6, 6.07) is -1.04. The molecule has 21 heavy (non-hydrogen) atoms. The molecule has 0 aliphatic carbocycles. The Labute approximate surface area is 123 Å². The molecule has 0 unspecified atom stereocenters. The lowest BCUT2D eigenvalue weighted by Gasteiger charge is -2.44. The van der Waals surface area contributed by atoms with Crippen LogP contribution in [0.1, 0.15) is 6.92 Å². The number of fused-ring (bicyclic) bond motifs is 2. The van der Waals surface area contributed by atoms with Crippen molar-refractivity contribution in [1.82, 2.24) is 15.5 Å². The van der Waals surface area contributed by atoms with E-state index in [1.54, 1.807) is 0 Å². The van der Waals surface area contributed by atoms with Crippen LogP contribution < -0.4 is 10.6 Å². The molecule has 3 heterocycles. The first kappa shape index (κ1) is 15.0. The maximum atomic E-state index is 11.8. The predicted molar refractivity (Wildman–Crippen MR) is 72.8 cm³/mol. The standard InChI is InChI=1S/C13H23N3O5/c1-2-14-13(18)15-9-8-7-20-12(21-8)10(11(9)17)16-3-5-19-6-4-16/h8-12,17H,2-7H2,1H3,(H2,14,15,18)/t8-,9-,10-,11+,12-/m1/s1. The number of hydrogen-bond acceptors (Lipinski definition) is 6. The molecule has 0 aromatic rings. The van der Waals surface area contributed by atoms with Crippen LogP contribution >= 0.6 is 0 Å². The number of nitrogens with one attached hydrogen (secondary N) is 2. The Morgan fingerprint density at radius 2 is 2.14 bits per heavy atom. The number of carbonyl (C=O) groups is 1. The van der Waals surface area contributed by atoms with Crippen LogP contribution in [0.4, 0.5) is 4.79 Å². The number of carbonyl (C=O) groups excluding carboxylic acids is 1. The summed E-state index contributed by atoms with van der Waals surface area (Å²) in [6.07, 6.45) is -1.46. The fourth-order valence-electron chi connectivity index (χ4n) is 3.21. The summed E-state index contributed by atoms with van der Waals surface area (Å²) in [7, 11) is 0. The van der Waals surface area contributed by atoms with Crippen LogP contribution in [0.5, 0.6) is 0 Å². The minimum atomic E-state index is -0.725. The van der Waals surface area contributed by atoms with E-state index >= 15 is 0 Å². The van der Waals surface area contributed by atoms with Crippen LogP contribution in [0.15, 0.2) is 0 Å². The Morgan fingerprint density at radius 3 is 2.86 bits per heavy atom. The highest BCUT2D eigenvalue weighted by Gasteiger charge is 2.52. The Hall–Kier alpha value is -0.930. The Morgan fingerprint density at radius 1 is 1.38 bits per heavy atom. The van der Waals surface area contributed by atoms with E-state index in [0.29, 0.717) is 26.4 Å². The zero-order chi connectivity index (χ0) is 14.8. The van der Waals surface area contributed by atoms with Gasteiger partial charge in [0.15, 0.2) is 6.29 Å². The van der Waals surface area contributed by atoms with Gasteiger partial charge in [-0.15, -0.1) is 0 Å². The summed E-state index contributed by atoms with van der Waals surface area (Å²) in [5, 5.41) is 16.2. The third-order valence-corrected chi connectivity index (χ3v) is 4.23. The summed E-state index contributed by atoms with van der Waals surface area (Å²) in [6.45, 7) is 5.49. The number of morpholine rings is 1. The summed E-state index contributed by atoms with van der Waals surface area (Å²) in [4.78, 5) is 13.9. The van der Waals surface area contributed by atoms with Gasteiger partial charge < -0.3 is 30.0 Å². The average Bonchev–Trinajstić information content (AvgIpc) is 2.91. The monoisotopic (exact) mass is 301 g/mol. The molecular weight excluding hydrogens is 278 g/mol. The second-order valence-corrected chi connectivity index (χ2v) is 5.54. The molecule has 3 N–H and O–H groups in total. The molecule has 3 fully saturated rings. The minimum absolute atomic E-state index is 0.278. The molecule has 0 aromatic heterocycles. The topological polar surface area (TPSA) is 92.3 Å². The van der Waals surface area contributed by atoms with Crippen LogP contribution in [0.25, 0.3) is 0 Å². The molecule has 0 aromatic carbocycles. The smallest absolute Gasteiger partial charge is 0.315 e. The second kappa shape index (κ2) is 6.45. The highest BCUT2D eigenvalue weighted by molar-refractivity contribution is 5.74. The quantitative estimate of drug-likeness (QED) is 0.587. The van der Waals surface area contributed by atoms with Crippen LogP contribution in [0, 0.1) is 0 Å². The molecule has 3 aliphatic rings. The van der Waals surface area contributed by atoms with Gasteiger partial charge in [-0.2, -0.15) is 0 Å². The highest BCUT2D eigenvalue weighted by Crippen LogP contribution is 2.31. The van der Waals surface area contributed by atoms with Crippen molar-refractivity contribution in [2.75, 3.05) is 39.5 Å². The third kappa shape index (κ3) is 3.00. The lowest BCUT2D eigenvalue weighted by molar-refractivity contribution is -0.189. The van der Waals surface area contributed by atoms with Crippen molar-refractivity contribution in [2.45, 2.75) is 37.5 Å². The first-order chi connectivity index (χ1) is 10.2. The minimum Gasteiger partial charge on any atom is -0.389 e. The van der Waals surface area contributed by atoms with Gasteiger partial charge in [-0.25, -0.2) is 4.79 Å². The normalized spacial score (nSPS) is 40.0. The molecule has 2 bridgehead atoms. The van der Waals surface area contributed by atoms with Gasteiger partial charge in [0.1, 0.15) is 6.10 Å². The molecule has 0 saturated carbocycles. The number of rotatable bonds is 3. The number of aliphatic hydroxyl groups excluding tert-OH is 1. The van der Waals surface area contributed by atoms with Gasteiger partial charge in [-0.3, -0.25) is 4.90 Å². The SMILES string of the molecule is CCNC(=O)N[C@H]1[C@H](O)[C@@H](N2CCOCC2)[C@@H]2OC[C@H]1O2. The van der Waals surface area contributed by atoms with E-state index in [4.69, 9.17) is 14.2 Å².